The smallest absolute Gasteiger partial charge is 0.192 e. The second kappa shape index (κ2) is 7.31. The number of fused-ring (bicyclic) bond motifs is 1. The largest absolute Gasteiger partial charge is 0.411 e. The Bertz CT molecular complexity index is 806. The Hall–Kier alpha value is -0.223. The second-order valence-corrected chi connectivity index (χ2v) is 14.7. The lowest BCUT2D eigenvalue weighted by Crippen LogP contribution is -2.45. The van der Waals surface area contributed by atoms with Gasteiger partial charge in [0.15, 0.2) is 8.32 Å². The van der Waals surface area contributed by atoms with E-state index in [2.05, 4.69) is 84.1 Å². The second-order valence-electron chi connectivity index (χ2n) is 8.44. The Morgan fingerprint density at radius 2 is 2.08 bits per heavy atom. The van der Waals surface area contributed by atoms with Crippen LogP contribution >= 0.6 is 34.2 Å². The first-order valence-electron chi connectivity index (χ1n) is 9.05. The van der Waals surface area contributed by atoms with Crippen LogP contribution < -0.4 is 0 Å². The molecule has 0 spiro atoms. The van der Waals surface area contributed by atoms with Crippen LogP contribution in [0.15, 0.2) is 12.5 Å². The first kappa shape index (κ1) is 20.5. The van der Waals surface area contributed by atoms with Crippen LogP contribution in [0.2, 0.25) is 23.3 Å². The Balaban J connectivity index is 1.89. The molecule has 26 heavy (non-hydrogen) atoms. The van der Waals surface area contributed by atoms with Crippen LogP contribution in [0.25, 0.3) is 11.0 Å². The summed E-state index contributed by atoms with van der Waals surface area (Å²) in [7, 11) is -1.85. The molecule has 0 saturated carbocycles. The van der Waals surface area contributed by atoms with Crippen LogP contribution in [0.3, 0.4) is 0 Å². The maximum Gasteiger partial charge on any atom is 0.192 e. The minimum absolute atomic E-state index is 0.0910. The molecule has 0 bridgehead atoms. The zero-order chi connectivity index (χ0) is 19.3. The number of hydrogen-bond donors (Lipinski definition) is 0. The minimum atomic E-state index is -1.85. The summed E-state index contributed by atoms with van der Waals surface area (Å²) in [4.78, 5) is 8.55. The average Bonchev–Trinajstić information content (AvgIpc) is 3.07. The lowest BCUT2D eigenvalue weighted by molar-refractivity contribution is -0.0160. The van der Waals surface area contributed by atoms with Gasteiger partial charge in [-0.2, -0.15) is 0 Å². The van der Waals surface area contributed by atoms with E-state index in [4.69, 9.17) is 20.8 Å². The molecule has 1 aliphatic rings. The number of nitrogens with zero attached hydrogens (tertiary/aromatic N) is 3. The third-order valence-electron chi connectivity index (χ3n) is 5.66. The summed E-state index contributed by atoms with van der Waals surface area (Å²) < 4.78 is 16.2. The Morgan fingerprint density at radius 1 is 1.38 bits per heavy atom. The van der Waals surface area contributed by atoms with E-state index in [0.29, 0.717) is 5.15 Å². The fraction of sp³-hybridized carbons (Fsp3) is 0.667. The maximum absolute atomic E-state index is 6.70. The van der Waals surface area contributed by atoms with Gasteiger partial charge in [-0.3, -0.25) is 0 Å². The van der Waals surface area contributed by atoms with Gasteiger partial charge in [0.2, 0.25) is 0 Å². The van der Waals surface area contributed by atoms with Crippen molar-refractivity contribution in [2.24, 2.45) is 0 Å². The van der Waals surface area contributed by atoms with Crippen molar-refractivity contribution in [3.63, 3.8) is 0 Å². The first-order chi connectivity index (χ1) is 12.0. The number of ether oxygens (including phenoxy) is 1. The molecule has 3 atom stereocenters. The summed E-state index contributed by atoms with van der Waals surface area (Å²) in [5, 5.41) is 1.55. The molecule has 2 aromatic heterocycles. The summed E-state index contributed by atoms with van der Waals surface area (Å²) in [6, 6.07) is 0. The first-order valence-corrected chi connectivity index (χ1v) is 13.4. The zero-order valence-corrected chi connectivity index (χ0v) is 20.1. The molecule has 144 valence electrons. The van der Waals surface area contributed by atoms with Crippen molar-refractivity contribution in [1.29, 1.82) is 0 Å². The highest BCUT2D eigenvalue weighted by atomic mass is 127. The molecule has 0 aromatic carbocycles. The fourth-order valence-electron chi connectivity index (χ4n) is 3.14. The van der Waals surface area contributed by atoms with Gasteiger partial charge < -0.3 is 13.7 Å². The zero-order valence-electron chi connectivity index (χ0n) is 16.2. The van der Waals surface area contributed by atoms with Crippen molar-refractivity contribution in [1.82, 2.24) is 14.5 Å². The van der Waals surface area contributed by atoms with Gasteiger partial charge in [0.05, 0.1) is 17.6 Å². The molecule has 3 heterocycles. The summed E-state index contributed by atoms with van der Waals surface area (Å²) in [5.74, 6) is 0. The standard InChI is InChI=1S/C18H27ClIN3O2Si/c1-7-12-13(25-26(5,6)18(2,3)4)8-14(24-12)23-9-11(20)15-16(19)21-10-22-17(15)23/h9-10,12-14H,7-8H2,1-6H3/t12-,13-,14-/m1/s1. The number of rotatable bonds is 4. The molecule has 3 rings (SSSR count). The quantitative estimate of drug-likeness (QED) is 0.299. The van der Waals surface area contributed by atoms with E-state index in [1.165, 1.54) is 6.33 Å². The van der Waals surface area contributed by atoms with E-state index in [-0.39, 0.29) is 23.5 Å². The lowest BCUT2D eigenvalue weighted by Gasteiger charge is -2.39. The molecule has 0 N–H and O–H groups in total. The molecule has 8 heteroatoms. The van der Waals surface area contributed by atoms with Crippen LogP contribution in [0.5, 0.6) is 0 Å². The molecule has 2 aromatic rings. The Labute approximate surface area is 175 Å². The fourth-order valence-corrected chi connectivity index (χ4v) is 5.68. The van der Waals surface area contributed by atoms with Crippen molar-refractivity contribution in [2.45, 2.75) is 77.1 Å². The van der Waals surface area contributed by atoms with Crippen LogP contribution in [0.1, 0.15) is 46.8 Å². The third kappa shape index (κ3) is 3.70. The lowest BCUT2D eigenvalue weighted by atomic mass is 10.1. The van der Waals surface area contributed by atoms with Gasteiger partial charge in [-0.05, 0) is 47.1 Å². The molecule has 5 nitrogen and oxygen atoms in total. The molecular weight excluding hydrogens is 481 g/mol. The summed E-state index contributed by atoms with van der Waals surface area (Å²) in [6.45, 7) is 13.6. The highest BCUT2D eigenvalue weighted by Gasteiger charge is 2.44. The van der Waals surface area contributed by atoms with E-state index < -0.39 is 8.32 Å². The minimum Gasteiger partial charge on any atom is -0.411 e. The van der Waals surface area contributed by atoms with Crippen molar-refractivity contribution in [3.05, 3.63) is 21.2 Å². The SMILES string of the molecule is CC[C@H]1O[C@@H](n2cc(I)c3c(Cl)ncnc32)C[C@H]1O[Si](C)(C)C(C)(C)C. The van der Waals surface area contributed by atoms with E-state index in [9.17, 15) is 0 Å². The van der Waals surface area contributed by atoms with Crippen molar-refractivity contribution >= 4 is 53.5 Å². The maximum atomic E-state index is 6.70. The van der Waals surface area contributed by atoms with Gasteiger partial charge >= 0.3 is 0 Å². The van der Waals surface area contributed by atoms with Crippen molar-refractivity contribution in [2.75, 3.05) is 0 Å². The van der Waals surface area contributed by atoms with Gasteiger partial charge in [0.1, 0.15) is 23.4 Å². The normalized spacial score (nSPS) is 24.5. The third-order valence-corrected chi connectivity index (χ3v) is 11.3. The molecule has 1 saturated heterocycles. The Morgan fingerprint density at radius 3 is 2.69 bits per heavy atom. The average molecular weight is 508 g/mol. The van der Waals surface area contributed by atoms with Crippen LogP contribution in [0.4, 0.5) is 0 Å². The van der Waals surface area contributed by atoms with Crippen LogP contribution in [-0.2, 0) is 9.16 Å². The summed E-state index contributed by atoms with van der Waals surface area (Å²) in [6.07, 6.45) is 5.44. The highest BCUT2D eigenvalue weighted by Crippen LogP contribution is 2.42. The van der Waals surface area contributed by atoms with E-state index >= 15 is 0 Å². The summed E-state index contributed by atoms with van der Waals surface area (Å²) >= 11 is 8.55. The Kier molecular flexibility index (Phi) is 5.77. The van der Waals surface area contributed by atoms with Gasteiger partial charge in [0.25, 0.3) is 0 Å². The monoisotopic (exact) mass is 507 g/mol. The van der Waals surface area contributed by atoms with E-state index in [1.54, 1.807) is 0 Å². The number of halogens is 2. The van der Waals surface area contributed by atoms with Gasteiger partial charge in [-0.15, -0.1) is 0 Å². The molecule has 0 radical (unpaired) electrons. The molecule has 0 unspecified atom stereocenters. The molecule has 0 aliphatic carbocycles. The number of aromatic nitrogens is 3. The predicted molar refractivity (Wildman–Crippen MR) is 116 cm³/mol. The molecule has 1 fully saturated rings. The van der Waals surface area contributed by atoms with Crippen LogP contribution in [0, 0.1) is 3.57 Å². The van der Waals surface area contributed by atoms with Gasteiger partial charge in [-0.25, -0.2) is 9.97 Å². The van der Waals surface area contributed by atoms with Crippen molar-refractivity contribution < 1.29 is 9.16 Å². The topological polar surface area (TPSA) is 49.2 Å². The predicted octanol–water partition coefficient (Wildman–Crippen LogP) is 5.78. The van der Waals surface area contributed by atoms with Gasteiger partial charge in [-0.1, -0.05) is 39.3 Å². The molecule has 1 aliphatic heterocycles. The number of hydrogen-bond acceptors (Lipinski definition) is 4. The molecule has 0 amide bonds. The van der Waals surface area contributed by atoms with E-state index in [0.717, 1.165) is 27.4 Å². The van der Waals surface area contributed by atoms with E-state index in [1.807, 2.05) is 0 Å². The highest BCUT2D eigenvalue weighted by molar-refractivity contribution is 14.1. The van der Waals surface area contributed by atoms with Gasteiger partial charge in [0, 0.05) is 16.2 Å². The summed E-state index contributed by atoms with van der Waals surface area (Å²) in [5.41, 5.74) is 0.822. The van der Waals surface area contributed by atoms with Crippen molar-refractivity contribution in [3.8, 4) is 0 Å². The van der Waals surface area contributed by atoms with Crippen LogP contribution in [-0.4, -0.2) is 35.1 Å². The molecular formula is C18H27ClIN3O2Si.